The van der Waals surface area contributed by atoms with Crippen LogP contribution in [0.1, 0.15) is 46.5 Å². The predicted octanol–water partition coefficient (Wildman–Crippen LogP) is 1.70. The third-order valence-corrected chi connectivity index (χ3v) is 6.57. The van der Waals surface area contributed by atoms with Crippen LogP contribution < -0.4 is 0 Å². The predicted molar refractivity (Wildman–Crippen MR) is 68.3 cm³/mol. The summed E-state index contributed by atoms with van der Waals surface area (Å²) in [7, 11) is 0. The lowest BCUT2D eigenvalue weighted by Gasteiger charge is -2.57. The summed E-state index contributed by atoms with van der Waals surface area (Å²) in [6.45, 7) is 6.00. The number of ketones is 1. The Hall–Kier alpha value is -0.900. The summed E-state index contributed by atoms with van der Waals surface area (Å²) in [4.78, 5) is 24.4. The van der Waals surface area contributed by atoms with Crippen LogP contribution in [0.4, 0.5) is 0 Å². The van der Waals surface area contributed by atoms with E-state index < -0.39 is 16.4 Å². The highest BCUT2D eigenvalue weighted by Crippen LogP contribution is 2.67. The largest absolute Gasteiger partial charge is 0.465 e. The molecular weight excluding hydrogens is 244 g/mol. The van der Waals surface area contributed by atoms with Crippen molar-refractivity contribution < 1.29 is 19.4 Å². The normalized spacial score (nSPS) is 53.5. The van der Waals surface area contributed by atoms with Crippen LogP contribution in [-0.2, 0) is 14.3 Å². The summed E-state index contributed by atoms with van der Waals surface area (Å²) in [6.07, 6.45) is 2.04. The van der Waals surface area contributed by atoms with E-state index in [2.05, 4.69) is 6.92 Å². The fourth-order valence-corrected chi connectivity index (χ4v) is 4.88. The zero-order valence-electron chi connectivity index (χ0n) is 11.9. The third kappa shape index (κ3) is 1.28. The molecule has 3 aliphatic rings. The van der Waals surface area contributed by atoms with Gasteiger partial charge in [0.2, 0.25) is 0 Å². The van der Waals surface area contributed by atoms with E-state index in [0.29, 0.717) is 12.8 Å². The van der Waals surface area contributed by atoms with Gasteiger partial charge in [-0.2, -0.15) is 0 Å². The van der Waals surface area contributed by atoms with Gasteiger partial charge in [-0.15, -0.1) is 0 Å². The van der Waals surface area contributed by atoms with Gasteiger partial charge in [0.1, 0.15) is 12.4 Å². The molecule has 1 N–H and O–H groups in total. The second-order valence-electron chi connectivity index (χ2n) is 7.08. The van der Waals surface area contributed by atoms with Crippen LogP contribution in [0.5, 0.6) is 0 Å². The number of hydrogen-bond acceptors (Lipinski definition) is 4. The number of carbonyl (C=O) groups excluding carboxylic acids is 2. The molecular formula is C15H22O4. The van der Waals surface area contributed by atoms with E-state index in [0.717, 1.165) is 6.42 Å². The minimum absolute atomic E-state index is 0.156. The van der Waals surface area contributed by atoms with Gasteiger partial charge in [0.05, 0.1) is 12.0 Å². The average Bonchev–Trinajstić information content (AvgIpc) is 2.57. The third-order valence-electron chi connectivity index (χ3n) is 6.57. The summed E-state index contributed by atoms with van der Waals surface area (Å²) in [5.41, 5.74) is -2.23. The molecule has 0 aromatic heterocycles. The molecule has 2 saturated carbocycles. The quantitative estimate of drug-likeness (QED) is 0.678. The Balaban J connectivity index is 2.23. The maximum Gasteiger partial charge on any atom is 0.306 e. The van der Waals surface area contributed by atoms with Gasteiger partial charge in [-0.05, 0) is 18.8 Å². The second-order valence-corrected chi connectivity index (χ2v) is 7.08. The number of esters is 1. The molecule has 2 unspecified atom stereocenters. The molecule has 3 fully saturated rings. The molecule has 19 heavy (non-hydrogen) atoms. The molecule has 4 nitrogen and oxygen atoms in total. The van der Waals surface area contributed by atoms with Crippen molar-refractivity contribution in [3.63, 3.8) is 0 Å². The summed E-state index contributed by atoms with van der Waals surface area (Å²) in [6, 6.07) is 0. The highest BCUT2D eigenvalue weighted by Gasteiger charge is 2.72. The van der Waals surface area contributed by atoms with Crippen molar-refractivity contribution in [1.29, 1.82) is 0 Å². The lowest BCUT2D eigenvalue weighted by atomic mass is 9.48. The van der Waals surface area contributed by atoms with Crippen molar-refractivity contribution in [2.45, 2.75) is 52.1 Å². The van der Waals surface area contributed by atoms with Gasteiger partial charge in [-0.1, -0.05) is 20.8 Å². The number of cyclic esters (lactones) is 1. The molecule has 3 rings (SSSR count). The molecule has 4 heteroatoms. The van der Waals surface area contributed by atoms with E-state index in [1.54, 1.807) is 0 Å². The van der Waals surface area contributed by atoms with Crippen molar-refractivity contribution in [2.24, 2.45) is 22.7 Å². The number of ether oxygens (including phenoxy) is 1. The van der Waals surface area contributed by atoms with E-state index >= 15 is 0 Å². The van der Waals surface area contributed by atoms with Gasteiger partial charge in [0.15, 0.2) is 0 Å². The smallest absolute Gasteiger partial charge is 0.306 e. The first-order valence-electron chi connectivity index (χ1n) is 7.17. The van der Waals surface area contributed by atoms with Crippen LogP contribution in [0.15, 0.2) is 0 Å². The summed E-state index contributed by atoms with van der Waals surface area (Å²) in [5, 5.41) is 11.4. The molecule has 2 aliphatic carbocycles. The average molecular weight is 266 g/mol. The van der Waals surface area contributed by atoms with Gasteiger partial charge in [-0.25, -0.2) is 0 Å². The van der Waals surface area contributed by atoms with E-state index in [4.69, 9.17) is 4.74 Å². The number of rotatable bonds is 0. The van der Waals surface area contributed by atoms with Crippen molar-refractivity contribution in [3.8, 4) is 0 Å². The number of carbonyl (C=O) groups is 2. The Morgan fingerprint density at radius 3 is 2.63 bits per heavy atom. The van der Waals surface area contributed by atoms with Crippen LogP contribution in [0.2, 0.25) is 0 Å². The van der Waals surface area contributed by atoms with Crippen LogP contribution >= 0.6 is 0 Å². The molecule has 0 aromatic carbocycles. The standard InChI is InChI=1S/C15H22O4/c1-9-4-5-15(18)13(3)8-19-12(17)7-14(9,15)6-11(16)10(13)2/h9-10,18H,4-8H2,1-3H3/t9-,10?,13-,14-,15?/m1/s1. The first-order valence-corrected chi connectivity index (χ1v) is 7.17. The topological polar surface area (TPSA) is 63.6 Å². The Labute approximate surface area is 113 Å². The highest BCUT2D eigenvalue weighted by molar-refractivity contribution is 5.86. The van der Waals surface area contributed by atoms with Crippen molar-refractivity contribution in [1.82, 2.24) is 0 Å². The minimum atomic E-state index is -0.959. The van der Waals surface area contributed by atoms with Crippen molar-refractivity contribution >= 4 is 11.8 Å². The molecule has 0 spiro atoms. The van der Waals surface area contributed by atoms with E-state index in [1.807, 2.05) is 13.8 Å². The first-order chi connectivity index (χ1) is 8.77. The molecule has 106 valence electrons. The van der Waals surface area contributed by atoms with E-state index in [-0.39, 0.29) is 36.6 Å². The molecule has 2 bridgehead atoms. The maximum atomic E-state index is 12.4. The molecule has 5 atom stereocenters. The van der Waals surface area contributed by atoms with Crippen LogP contribution in [0.3, 0.4) is 0 Å². The zero-order chi connectivity index (χ0) is 14.1. The maximum absolute atomic E-state index is 12.4. The van der Waals surface area contributed by atoms with Crippen LogP contribution in [-0.4, -0.2) is 29.1 Å². The van der Waals surface area contributed by atoms with Gasteiger partial charge in [0.25, 0.3) is 0 Å². The van der Waals surface area contributed by atoms with Gasteiger partial charge >= 0.3 is 5.97 Å². The SMILES string of the molecule is CC1C(=O)C[C@]23CC(=O)OC[C@@]1(C)C2(O)CC[C@H]3C. The molecule has 1 heterocycles. The lowest BCUT2D eigenvalue weighted by molar-refractivity contribution is -0.206. The van der Waals surface area contributed by atoms with Gasteiger partial charge < -0.3 is 9.84 Å². The van der Waals surface area contributed by atoms with E-state index in [9.17, 15) is 14.7 Å². The summed E-state index contributed by atoms with van der Waals surface area (Å²) in [5.74, 6) is -0.183. The van der Waals surface area contributed by atoms with Gasteiger partial charge in [0, 0.05) is 23.2 Å². The monoisotopic (exact) mass is 266 g/mol. The summed E-state index contributed by atoms with van der Waals surface area (Å²) < 4.78 is 5.33. The molecule has 1 aliphatic heterocycles. The summed E-state index contributed by atoms with van der Waals surface area (Å²) >= 11 is 0. The Morgan fingerprint density at radius 2 is 1.95 bits per heavy atom. The van der Waals surface area contributed by atoms with Crippen LogP contribution in [0, 0.1) is 22.7 Å². The molecule has 0 radical (unpaired) electrons. The molecule has 0 aromatic rings. The Kier molecular flexibility index (Phi) is 2.48. The molecule has 0 amide bonds. The fourth-order valence-electron chi connectivity index (χ4n) is 4.88. The number of hydrogen-bond donors (Lipinski definition) is 1. The fraction of sp³-hybridized carbons (Fsp3) is 0.867. The second kappa shape index (κ2) is 3.60. The first kappa shape index (κ1) is 13.1. The van der Waals surface area contributed by atoms with Gasteiger partial charge in [-0.3, -0.25) is 9.59 Å². The van der Waals surface area contributed by atoms with Crippen LogP contribution in [0.25, 0.3) is 0 Å². The minimum Gasteiger partial charge on any atom is -0.465 e. The zero-order valence-corrected chi connectivity index (χ0v) is 11.9. The number of aliphatic hydroxyl groups is 1. The van der Waals surface area contributed by atoms with Crippen molar-refractivity contribution in [3.05, 3.63) is 0 Å². The Morgan fingerprint density at radius 1 is 1.26 bits per heavy atom. The van der Waals surface area contributed by atoms with E-state index in [1.165, 1.54) is 0 Å². The Bertz CT molecular complexity index is 459. The number of Topliss-reactive ketones (excluding diaryl/α,β-unsaturated/α-hetero) is 1. The van der Waals surface area contributed by atoms with Crippen molar-refractivity contribution in [2.75, 3.05) is 6.61 Å². The highest BCUT2D eigenvalue weighted by atomic mass is 16.5. The lowest BCUT2D eigenvalue weighted by Crippen LogP contribution is -2.65. The molecule has 1 saturated heterocycles.